The second kappa shape index (κ2) is 7.97. The summed E-state index contributed by atoms with van der Waals surface area (Å²) in [4.78, 5) is 12.1. The van der Waals surface area contributed by atoms with Crippen LogP contribution >= 0.6 is 11.6 Å². The molecule has 0 saturated carbocycles. The molecule has 0 unspecified atom stereocenters. The molecule has 1 aliphatic rings. The van der Waals surface area contributed by atoms with Gasteiger partial charge in [-0.3, -0.25) is 4.79 Å². The highest BCUT2D eigenvalue weighted by molar-refractivity contribution is 7.91. The van der Waals surface area contributed by atoms with Gasteiger partial charge in [-0.05, 0) is 36.4 Å². The van der Waals surface area contributed by atoms with Crippen molar-refractivity contribution in [3.05, 3.63) is 53.6 Å². The summed E-state index contributed by atoms with van der Waals surface area (Å²) in [6.45, 7) is 0.564. The van der Waals surface area contributed by atoms with Gasteiger partial charge in [-0.25, -0.2) is 8.42 Å². The second-order valence-electron chi connectivity index (χ2n) is 5.82. The number of carbonyl (C=O) groups excluding carboxylic acids is 1. The van der Waals surface area contributed by atoms with Gasteiger partial charge in [0.1, 0.15) is 12.7 Å². The average Bonchev–Trinajstić information content (AvgIpc) is 2.65. The van der Waals surface area contributed by atoms with E-state index in [9.17, 15) is 13.2 Å². The largest absolute Gasteiger partial charge is 0.486 e. The zero-order valence-corrected chi connectivity index (χ0v) is 15.4. The summed E-state index contributed by atoms with van der Waals surface area (Å²) >= 11 is 5.75. The smallest absolute Gasteiger partial charge is 0.221 e. The zero-order chi connectivity index (χ0) is 18.6. The van der Waals surface area contributed by atoms with Gasteiger partial charge in [-0.15, -0.1) is 0 Å². The number of carbonyl (C=O) groups is 1. The van der Waals surface area contributed by atoms with Crippen LogP contribution in [0.15, 0.2) is 53.4 Å². The Hall–Kier alpha value is -2.25. The predicted molar refractivity (Wildman–Crippen MR) is 97.5 cm³/mol. The van der Waals surface area contributed by atoms with Gasteiger partial charge in [-0.1, -0.05) is 23.7 Å². The van der Waals surface area contributed by atoms with Crippen molar-refractivity contribution < 1.29 is 22.7 Å². The van der Waals surface area contributed by atoms with Crippen LogP contribution in [0.1, 0.15) is 6.42 Å². The molecule has 2 aromatic carbocycles. The highest BCUT2D eigenvalue weighted by atomic mass is 35.5. The molecule has 0 saturated heterocycles. The second-order valence-corrected chi connectivity index (χ2v) is 8.37. The van der Waals surface area contributed by atoms with Gasteiger partial charge < -0.3 is 14.8 Å². The summed E-state index contributed by atoms with van der Waals surface area (Å²) in [6, 6.07) is 13.2. The zero-order valence-electron chi connectivity index (χ0n) is 13.9. The Morgan fingerprint density at radius 3 is 2.54 bits per heavy atom. The lowest BCUT2D eigenvalue weighted by Crippen LogP contribution is -2.41. The Morgan fingerprint density at radius 2 is 1.81 bits per heavy atom. The van der Waals surface area contributed by atoms with E-state index in [1.807, 2.05) is 18.2 Å². The molecule has 1 heterocycles. The fourth-order valence-corrected chi connectivity index (χ4v) is 3.83. The van der Waals surface area contributed by atoms with Crippen molar-refractivity contribution in [2.24, 2.45) is 0 Å². The maximum atomic E-state index is 12.2. The Kier molecular flexibility index (Phi) is 5.68. The molecule has 0 aromatic heterocycles. The van der Waals surface area contributed by atoms with Gasteiger partial charge in [0, 0.05) is 11.4 Å². The van der Waals surface area contributed by atoms with Crippen LogP contribution in [0, 0.1) is 0 Å². The summed E-state index contributed by atoms with van der Waals surface area (Å²) in [6.07, 6.45) is -0.448. The number of fused-ring (bicyclic) bond motifs is 1. The number of amides is 1. The van der Waals surface area contributed by atoms with Crippen molar-refractivity contribution in [3.8, 4) is 11.5 Å². The van der Waals surface area contributed by atoms with E-state index in [1.54, 1.807) is 6.07 Å². The molecule has 3 rings (SSSR count). The molecular weight excluding hydrogens is 378 g/mol. The summed E-state index contributed by atoms with van der Waals surface area (Å²) in [7, 11) is -3.53. The van der Waals surface area contributed by atoms with E-state index >= 15 is 0 Å². The van der Waals surface area contributed by atoms with Crippen molar-refractivity contribution in [2.75, 3.05) is 18.9 Å². The van der Waals surface area contributed by atoms with E-state index in [2.05, 4.69) is 5.32 Å². The molecule has 0 fully saturated rings. The van der Waals surface area contributed by atoms with Crippen molar-refractivity contribution in [1.29, 1.82) is 0 Å². The first kappa shape index (κ1) is 18.5. The lowest BCUT2D eigenvalue weighted by molar-refractivity contribution is -0.121. The minimum absolute atomic E-state index is 0.130. The third kappa shape index (κ3) is 4.68. The molecule has 1 N–H and O–H groups in total. The van der Waals surface area contributed by atoms with Crippen LogP contribution in [0.5, 0.6) is 11.5 Å². The van der Waals surface area contributed by atoms with Gasteiger partial charge in [0.05, 0.1) is 17.2 Å². The number of nitrogens with one attached hydrogen (secondary N) is 1. The molecule has 2 aromatic rings. The summed E-state index contributed by atoms with van der Waals surface area (Å²) in [5, 5.41) is 3.14. The number of ether oxygens (including phenoxy) is 2. The van der Waals surface area contributed by atoms with Crippen molar-refractivity contribution >= 4 is 27.3 Å². The Balaban J connectivity index is 1.47. The van der Waals surface area contributed by atoms with Crippen LogP contribution in [0.2, 0.25) is 5.02 Å². The minimum Gasteiger partial charge on any atom is -0.486 e. The molecule has 0 spiro atoms. The highest BCUT2D eigenvalue weighted by Gasteiger charge is 2.22. The van der Waals surface area contributed by atoms with Crippen LogP contribution in [0.3, 0.4) is 0 Å². The van der Waals surface area contributed by atoms with Gasteiger partial charge >= 0.3 is 0 Å². The number of rotatable bonds is 6. The number of halogens is 1. The molecular formula is C18H18ClNO5S. The molecule has 0 aliphatic carbocycles. The van der Waals surface area contributed by atoms with E-state index in [0.29, 0.717) is 23.1 Å². The molecule has 138 valence electrons. The van der Waals surface area contributed by atoms with E-state index in [4.69, 9.17) is 21.1 Å². The fraction of sp³-hybridized carbons (Fsp3) is 0.278. The first-order valence-corrected chi connectivity index (χ1v) is 10.1. The number of hydrogen-bond donors (Lipinski definition) is 1. The normalized spacial score (nSPS) is 16.1. The van der Waals surface area contributed by atoms with Gasteiger partial charge in [0.15, 0.2) is 21.3 Å². The topological polar surface area (TPSA) is 81.7 Å². The molecule has 1 atom stereocenters. The number of benzene rings is 2. The average molecular weight is 396 g/mol. The molecule has 6 nitrogen and oxygen atoms in total. The Morgan fingerprint density at radius 1 is 1.12 bits per heavy atom. The van der Waals surface area contributed by atoms with E-state index in [-0.39, 0.29) is 35.6 Å². The third-order valence-corrected chi connectivity index (χ3v) is 5.85. The van der Waals surface area contributed by atoms with Crippen LogP contribution in [0.25, 0.3) is 0 Å². The number of hydrogen-bond acceptors (Lipinski definition) is 5. The van der Waals surface area contributed by atoms with Crippen LogP contribution < -0.4 is 14.8 Å². The molecule has 0 bridgehead atoms. The maximum Gasteiger partial charge on any atom is 0.221 e. The van der Waals surface area contributed by atoms with Crippen LogP contribution in [-0.2, 0) is 14.6 Å². The number of sulfone groups is 1. The summed E-state index contributed by atoms with van der Waals surface area (Å²) < 4.78 is 35.8. The Labute approximate surface area is 157 Å². The van der Waals surface area contributed by atoms with Crippen LogP contribution in [-0.4, -0.2) is 39.3 Å². The molecule has 8 heteroatoms. The monoisotopic (exact) mass is 395 g/mol. The predicted octanol–water partition coefficient (Wildman–Crippen LogP) is 2.46. The van der Waals surface area contributed by atoms with E-state index in [0.717, 1.165) is 0 Å². The number of para-hydroxylation sites is 2. The highest BCUT2D eigenvalue weighted by Crippen LogP contribution is 2.30. The van der Waals surface area contributed by atoms with Crippen LogP contribution in [0.4, 0.5) is 0 Å². The van der Waals surface area contributed by atoms with E-state index < -0.39 is 9.84 Å². The Bertz CT molecular complexity index is 883. The summed E-state index contributed by atoms with van der Waals surface area (Å²) in [5.41, 5.74) is 0. The molecule has 26 heavy (non-hydrogen) atoms. The molecule has 1 amide bonds. The lowest BCUT2D eigenvalue weighted by Gasteiger charge is -2.26. The summed E-state index contributed by atoms with van der Waals surface area (Å²) in [5.74, 6) is 0.670. The lowest BCUT2D eigenvalue weighted by atomic mass is 10.2. The maximum absolute atomic E-state index is 12.2. The van der Waals surface area contributed by atoms with Crippen molar-refractivity contribution in [2.45, 2.75) is 17.4 Å². The SMILES string of the molecule is O=C(CCS(=O)(=O)c1ccc(Cl)cc1)NC[C@H]1COc2ccccc2O1. The van der Waals surface area contributed by atoms with Crippen molar-refractivity contribution in [3.63, 3.8) is 0 Å². The fourth-order valence-electron chi connectivity index (χ4n) is 2.47. The van der Waals surface area contributed by atoms with Gasteiger partial charge in [0.25, 0.3) is 0 Å². The third-order valence-electron chi connectivity index (χ3n) is 3.87. The van der Waals surface area contributed by atoms with Gasteiger partial charge in [-0.2, -0.15) is 0 Å². The van der Waals surface area contributed by atoms with Gasteiger partial charge in [0.2, 0.25) is 5.91 Å². The van der Waals surface area contributed by atoms with Crippen molar-refractivity contribution in [1.82, 2.24) is 5.32 Å². The standard InChI is InChI=1S/C18H18ClNO5S/c19-13-5-7-15(8-6-13)26(22,23)10-9-18(21)20-11-14-12-24-16-3-1-2-4-17(16)25-14/h1-8,14H,9-12H2,(H,20,21)/t14-/m0/s1. The minimum atomic E-state index is -3.53. The quantitative estimate of drug-likeness (QED) is 0.812. The molecule has 0 radical (unpaired) electrons. The first-order valence-electron chi connectivity index (χ1n) is 8.07. The van der Waals surface area contributed by atoms with E-state index in [1.165, 1.54) is 24.3 Å². The molecule has 1 aliphatic heterocycles. The first-order chi connectivity index (χ1) is 12.4.